The summed E-state index contributed by atoms with van der Waals surface area (Å²) < 4.78 is 7.17. The monoisotopic (exact) mass is 629 g/mol. The lowest BCUT2D eigenvalue weighted by Crippen LogP contribution is -2.00. The third kappa shape index (κ3) is 4.87. The van der Waals surface area contributed by atoms with Crippen LogP contribution in [0, 0.1) is 0 Å². The van der Waals surface area contributed by atoms with E-state index in [0.29, 0.717) is 17.5 Å². The first-order chi connectivity index (χ1) is 21.7. The fraction of sp³-hybridized carbons (Fsp3) is 0. The van der Waals surface area contributed by atoms with Gasteiger partial charge in [-0.2, -0.15) is 0 Å². The van der Waals surface area contributed by atoms with Crippen LogP contribution in [0.3, 0.4) is 0 Å². The molecule has 0 saturated carbocycles. The number of furan rings is 1. The summed E-state index contributed by atoms with van der Waals surface area (Å²) in [6, 6.07) is 49.5. The lowest BCUT2D eigenvalue weighted by molar-refractivity contribution is 0.669. The number of nitrogens with zero attached hydrogens (tertiary/aromatic N) is 3. The van der Waals surface area contributed by atoms with Gasteiger partial charge in [0, 0.05) is 31.9 Å². The van der Waals surface area contributed by atoms with Crippen molar-refractivity contribution >= 4 is 37.9 Å². The average Bonchev–Trinajstić information content (AvgIpc) is 3.48. The van der Waals surface area contributed by atoms with Gasteiger partial charge in [0.05, 0.1) is 0 Å². The molecule has 0 N–H and O–H groups in total. The van der Waals surface area contributed by atoms with Crippen molar-refractivity contribution in [3.63, 3.8) is 0 Å². The van der Waals surface area contributed by atoms with Gasteiger partial charge in [-0.3, -0.25) is 0 Å². The lowest BCUT2D eigenvalue weighted by Gasteiger charge is -2.12. The Labute approximate surface area is 262 Å². The maximum atomic E-state index is 6.16. The summed E-state index contributed by atoms with van der Waals surface area (Å²) >= 11 is 3.73. The first-order valence-corrected chi connectivity index (χ1v) is 15.2. The van der Waals surface area contributed by atoms with Crippen molar-refractivity contribution in [2.24, 2.45) is 0 Å². The molecule has 0 aliphatic rings. The van der Waals surface area contributed by atoms with E-state index < -0.39 is 0 Å². The molecule has 0 amide bonds. The van der Waals surface area contributed by atoms with Crippen LogP contribution >= 0.6 is 15.9 Å². The van der Waals surface area contributed by atoms with E-state index in [-0.39, 0.29) is 0 Å². The minimum absolute atomic E-state index is 0.620. The molecule has 0 spiro atoms. The van der Waals surface area contributed by atoms with Crippen LogP contribution in [0.25, 0.3) is 78.4 Å². The lowest BCUT2D eigenvalue weighted by atomic mass is 9.95. The van der Waals surface area contributed by atoms with Gasteiger partial charge in [0.15, 0.2) is 17.5 Å². The average molecular weight is 631 g/mol. The van der Waals surface area contributed by atoms with E-state index in [2.05, 4.69) is 76.6 Å². The SMILES string of the molecule is Brc1cccc2oc3ccc(-c4cc(-c5ccccc5)cc(-c5nc(-c6ccccc6)nc(-c6ccccc6)n5)c4)cc3c12. The molecule has 0 atom stereocenters. The molecule has 0 aliphatic heterocycles. The first-order valence-electron chi connectivity index (χ1n) is 14.4. The number of rotatable bonds is 5. The smallest absolute Gasteiger partial charge is 0.164 e. The van der Waals surface area contributed by atoms with Crippen LogP contribution in [-0.2, 0) is 0 Å². The Bertz CT molecular complexity index is 2220. The molecule has 5 heteroatoms. The van der Waals surface area contributed by atoms with E-state index in [4.69, 9.17) is 19.4 Å². The molecule has 0 saturated heterocycles. The second kappa shape index (κ2) is 11.0. The van der Waals surface area contributed by atoms with Gasteiger partial charge in [-0.25, -0.2) is 15.0 Å². The maximum absolute atomic E-state index is 6.16. The molecule has 2 heterocycles. The molecular formula is C39H24BrN3O. The molecule has 2 aromatic heterocycles. The number of halogens is 1. The van der Waals surface area contributed by atoms with Crippen LogP contribution in [0.5, 0.6) is 0 Å². The highest BCUT2D eigenvalue weighted by atomic mass is 79.9. The van der Waals surface area contributed by atoms with E-state index in [1.165, 1.54) is 0 Å². The van der Waals surface area contributed by atoms with Crippen molar-refractivity contribution < 1.29 is 4.42 Å². The third-order valence-corrected chi connectivity index (χ3v) is 8.44. The zero-order valence-electron chi connectivity index (χ0n) is 23.5. The van der Waals surface area contributed by atoms with Gasteiger partial charge < -0.3 is 4.42 Å². The van der Waals surface area contributed by atoms with Crippen molar-refractivity contribution in [1.82, 2.24) is 15.0 Å². The molecule has 0 bridgehead atoms. The van der Waals surface area contributed by atoms with Crippen LogP contribution in [-0.4, -0.2) is 15.0 Å². The summed E-state index contributed by atoms with van der Waals surface area (Å²) in [7, 11) is 0. The van der Waals surface area contributed by atoms with Crippen molar-refractivity contribution in [2.45, 2.75) is 0 Å². The molecule has 0 fully saturated rings. The zero-order chi connectivity index (χ0) is 29.5. The highest BCUT2D eigenvalue weighted by Crippen LogP contribution is 2.38. The fourth-order valence-corrected chi connectivity index (χ4v) is 6.18. The topological polar surface area (TPSA) is 51.8 Å². The Balaban J connectivity index is 1.36. The predicted octanol–water partition coefficient (Wildman–Crippen LogP) is 10.9. The van der Waals surface area contributed by atoms with E-state index in [9.17, 15) is 0 Å². The second-order valence-electron chi connectivity index (χ2n) is 10.6. The molecule has 208 valence electrons. The number of fused-ring (bicyclic) bond motifs is 3. The summed E-state index contributed by atoms with van der Waals surface area (Å²) in [6.07, 6.45) is 0. The van der Waals surface area contributed by atoms with E-state index in [1.807, 2.05) is 84.9 Å². The Hall–Kier alpha value is -5.39. The molecule has 4 nitrogen and oxygen atoms in total. The standard InChI is InChI=1S/C39H24BrN3O/c40-33-17-10-18-35-36(33)32-24-28(19-20-34(32)44-35)30-21-29(25-11-4-1-5-12-25)22-31(23-30)39-42-37(26-13-6-2-7-14-26)41-38(43-39)27-15-8-3-9-16-27/h1-24H. The highest BCUT2D eigenvalue weighted by Gasteiger charge is 2.16. The van der Waals surface area contributed by atoms with Crippen LogP contribution in [0.4, 0.5) is 0 Å². The summed E-state index contributed by atoms with van der Waals surface area (Å²) in [4.78, 5) is 14.9. The Morgan fingerprint density at radius 3 is 1.52 bits per heavy atom. The Morgan fingerprint density at radius 2 is 0.909 bits per heavy atom. The Morgan fingerprint density at radius 1 is 0.386 bits per heavy atom. The third-order valence-electron chi connectivity index (χ3n) is 7.78. The largest absolute Gasteiger partial charge is 0.456 e. The van der Waals surface area contributed by atoms with Crippen molar-refractivity contribution in [3.8, 4) is 56.4 Å². The fourth-order valence-electron chi connectivity index (χ4n) is 5.62. The summed E-state index contributed by atoms with van der Waals surface area (Å²) in [5.41, 5.74) is 8.85. The molecular weight excluding hydrogens is 606 g/mol. The van der Waals surface area contributed by atoms with Crippen LogP contribution in [0.15, 0.2) is 154 Å². The van der Waals surface area contributed by atoms with Gasteiger partial charge in [-0.05, 0) is 64.7 Å². The molecule has 0 radical (unpaired) electrons. The second-order valence-corrected chi connectivity index (χ2v) is 11.5. The van der Waals surface area contributed by atoms with Crippen molar-refractivity contribution in [2.75, 3.05) is 0 Å². The van der Waals surface area contributed by atoms with Crippen LogP contribution < -0.4 is 0 Å². The van der Waals surface area contributed by atoms with Gasteiger partial charge >= 0.3 is 0 Å². The highest BCUT2D eigenvalue weighted by molar-refractivity contribution is 9.10. The van der Waals surface area contributed by atoms with E-state index in [1.54, 1.807) is 0 Å². The van der Waals surface area contributed by atoms with Gasteiger partial charge in [-0.1, -0.05) is 119 Å². The minimum atomic E-state index is 0.620. The molecule has 8 rings (SSSR count). The quantitative estimate of drug-likeness (QED) is 0.190. The molecule has 6 aromatic carbocycles. The maximum Gasteiger partial charge on any atom is 0.164 e. The number of hydrogen-bond donors (Lipinski definition) is 0. The Kier molecular flexibility index (Phi) is 6.58. The number of benzene rings is 6. The summed E-state index contributed by atoms with van der Waals surface area (Å²) in [5, 5.41) is 2.13. The minimum Gasteiger partial charge on any atom is -0.456 e. The van der Waals surface area contributed by atoms with E-state index >= 15 is 0 Å². The van der Waals surface area contributed by atoms with Crippen molar-refractivity contribution in [3.05, 3.63) is 150 Å². The molecule has 8 aromatic rings. The zero-order valence-corrected chi connectivity index (χ0v) is 25.1. The normalized spacial score (nSPS) is 11.3. The van der Waals surface area contributed by atoms with Gasteiger partial charge in [0.2, 0.25) is 0 Å². The number of aromatic nitrogens is 3. The summed E-state index contributed by atoms with van der Waals surface area (Å²) in [5.74, 6) is 1.89. The molecule has 0 aliphatic carbocycles. The van der Waals surface area contributed by atoms with Gasteiger partial charge in [0.25, 0.3) is 0 Å². The van der Waals surface area contributed by atoms with Gasteiger partial charge in [0.1, 0.15) is 11.2 Å². The summed E-state index contributed by atoms with van der Waals surface area (Å²) in [6.45, 7) is 0. The van der Waals surface area contributed by atoms with Crippen LogP contribution in [0.2, 0.25) is 0 Å². The van der Waals surface area contributed by atoms with E-state index in [0.717, 1.165) is 65.4 Å². The van der Waals surface area contributed by atoms with Gasteiger partial charge in [-0.15, -0.1) is 0 Å². The van der Waals surface area contributed by atoms with Crippen molar-refractivity contribution in [1.29, 1.82) is 0 Å². The first kappa shape index (κ1) is 26.3. The number of hydrogen-bond acceptors (Lipinski definition) is 4. The van der Waals surface area contributed by atoms with Crippen LogP contribution in [0.1, 0.15) is 0 Å². The predicted molar refractivity (Wildman–Crippen MR) is 182 cm³/mol. The molecule has 44 heavy (non-hydrogen) atoms. The molecule has 0 unspecified atom stereocenters.